The largest absolute Gasteiger partial charge is 0.440 e. The molecule has 0 bridgehead atoms. The van der Waals surface area contributed by atoms with Crippen molar-refractivity contribution in [3.63, 3.8) is 0 Å². The molecule has 0 N–H and O–H groups in total. The quantitative estimate of drug-likeness (QED) is 0.609. The summed E-state index contributed by atoms with van der Waals surface area (Å²) in [4.78, 5) is 37.1. The van der Waals surface area contributed by atoms with E-state index >= 15 is 0 Å². The molecule has 2 amide bonds. The van der Waals surface area contributed by atoms with Gasteiger partial charge in [-0.1, -0.05) is 12.1 Å². The van der Waals surface area contributed by atoms with Crippen molar-refractivity contribution in [2.75, 3.05) is 6.73 Å². The van der Waals surface area contributed by atoms with Crippen molar-refractivity contribution in [3.8, 4) is 0 Å². The zero-order valence-electron chi connectivity index (χ0n) is 11.6. The summed E-state index contributed by atoms with van der Waals surface area (Å²) in [6.45, 7) is -0.505. The fraction of sp³-hybridized carbons (Fsp3) is 0.0625. The molecule has 1 aliphatic rings. The van der Waals surface area contributed by atoms with Crippen molar-refractivity contribution in [1.82, 2.24) is 4.90 Å². The molecule has 1 heterocycles. The van der Waals surface area contributed by atoms with Gasteiger partial charge in [0, 0.05) is 4.47 Å². The van der Waals surface area contributed by atoms with E-state index in [0.29, 0.717) is 0 Å². The number of carbonyl (C=O) groups excluding carboxylic acids is 3. The minimum absolute atomic E-state index is 0.100. The third kappa shape index (κ3) is 2.75. The summed E-state index contributed by atoms with van der Waals surface area (Å²) < 4.78 is 18.2. The summed E-state index contributed by atoms with van der Waals surface area (Å²) in [5.74, 6) is -2.31. The fourth-order valence-electron chi connectivity index (χ4n) is 2.21. The Hall–Kier alpha value is -2.54. The fourth-order valence-corrected chi connectivity index (χ4v) is 2.73. The van der Waals surface area contributed by atoms with E-state index in [-0.39, 0.29) is 21.2 Å². The van der Waals surface area contributed by atoms with Crippen molar-refractivity contribution in [2.45, 2.75) is 0 Å². The number of esters is 1. The standard InChI is InChI=1S/C16H9BrFNO4/c17-13-7-9(18)5-6-12(13)16(22)23-8-19-14(20)10-3-1-2-4-11(10)15(19)21/h1-7H,8H2. The number of hydrogen-bond donors (Lipinski definition) is 0. The minimum atomic E-state index is -0.770. The van der Waals surface area contributed by atoms with Gasteiger partial charge in [-0.05, 0) is 46.3 Å². The van der Waals surface area contributed by atoms with Crippen LogP contribution in [0.2, 0.25) is 0 Å². The Morgan fingerprint density at radius 2 is 1.70 bits per heavy atom. The topological polar surface area (TPSA) is 63.7 Å². The summed E-state index contributed by atoms with van der Waals surface area (Å²) in [7, 11) is 0. The number of nitrogens with zero attached hydrogens (tertiary/aromatic N) is 1. The molecule has 0 fully saturated rings. The lowest BCUT2D eigenvalue weighted by atomic mass is 10.1. The molecule has 116 valence electrons. The molecule has 2 aromatic rings. The molecule has 2 aromatic carbocycles. The van der Waals surface area contributed by atoms with Crippen LogP contribution < -0.4 is 0 Å². The number of benzene rings is 2. The summed E-state index contributed by atoms with van der Waals surface area (Å²) in [6.07, 6.45) is 0. The third-order valence-corrected chi connectivity index (χ3v) is 4.01. The Kier molecular flexibility index (Phi) is 3.96. The maximum absolute atomic E-state index is 13.0. The van der Waals surface area contributed by atoms with Gasteiger partial charge in [0.15, 0.2) is 6.73 Å². The summed E-state index contributed by atoms with van der Waals surface area (Å²) in [5, 5.41) is 0. The summed E-state index contributed by atoms with van der Waals surface area (Å²) >= 11 is 3.06. The predicted octanol–water partition coefficient (Wildman–Crippen LogP) is 3.00. The number of rotatable bonds is 3. The van der Waals surface area contributed by atoms with Gasteiger partial charge >= 0.3 is 5.97 Å². The zero-order valence-corrected chi connectivity index (χ0v) is 13.2. The van der Waals surface area contributed by atoms with Crippen LogP contribution in [-0.4, -0.2) is 29.4 Å². The Balaban J connectivity index is 1.73. The molecule has 0 aliphatic carbocycles. The van der Waals surface area contributed by atoms with Gasteiger partial charge < -0.3 is 4.74 Å². The third-order valence-electron chi connectivity index (χ3n) is 3.35. The van der Waals surface area contributed by atoms with Crippen LogP contribution in [0, 0.1) is 5.82 Å². The first-order chi connectivity index (χ1) is 11.0. The minimum Gasteiger partial charge on any atom is -0.440 e. The van der Waals surface area contributed by atoms with Crippen LogP contribution >= 0.6 is 15.9 Å². The molecule has 0 unspecified atom stereocenters. The maximum atomic E-state index is 13.0. The first-order valence-electron chi connectivity index (χ1n) is 6.56. The monoisotopic (exact) mass is 377 g/mol. The number of carbonyl (C=O) groups is 3. The van der Waals surface area contributed by atoms with Crippen LogP contribution in [0.1, 0.15) is 31.1 Å². The van der Waals surface area contributed by atoms with Crippen LogP contribution in [0.25, 0.3) is 0 Å². The first kappa shape index (κ1) is 15.4. The van der Waals surface area contributed by atoms with E-state index in [1.54, 1.807) is 12.1 Å². The Labute approximate surface area is 138 Å². The Bertz CT molecular complexity index is 802. The molecule has 0 atom stereocenters. The van der Waals surface area contributed by atoms with Gasteiger partial charge in [0.1, 0.15) is 5.82 Å². The highest BCUT2D eigenvalue weighted by molar-refractivity contribution is 9.10. The highest BCUT2D eigenvalue weighted by atomic mass is 79.9. The van der Waals surface area contributed by atoms with Crippen LogP contribution in [0.4, 0.5) is 4.39 Å². The highest BCUT2D eigenvalue weighted by Gasteiger charge is 2.35. The van der Waals surface area contributed by atoms with E-state index in [4.69, 9.17) is 4.74 Å². The van der Waals surface area contributed by atoms with Crippen molar-refractivity contribution in [1.29, 1.82) is 0 Å². The molecule has 3 rings (SSSR count). The second-order valence-electron chi connectivity index (χ2n) is 4.77. The van der Waals surface area contributed by atoms with Crippen molar-refractivity contribution < 1.29 is 23.5 Å². The van der Waals surface area contributed by atoms with Crippen LogP contribution in [0.15, 0.2) is 46.9 Å². The molecule has 5 nitrogen and oxygen atoms in total. The molecule has 0 aromatic heterocycles. The lowest BCUT2D eigenvalue weighted by Gasteiger charge is -2.14. The number of fused-ring (bicyclic) bond motifs is 1. The zero-order chi connectivity index (χ0) is 16.6. The summed E-state index contributed by atoms with van der Waals surface area (Å²) in [6, 6.07) is 9.86. The second kappa shape index (κ2) is 5.92. The maximum Gasteiger partial charge on any atom is 0.341 e. The molecule has 0 saturated carbocycles. The Morgan fingerprint density at radius 1 is 1.09 bits per heavy atom. The average molecular weight is 378 g/mol. The van der Waals surface area contributed by atoms with Gasteiger partial charge in [-0.25, -0.2) is 14.1 Å². The van der Waals surface area contributed by atoms with Crippen molar-refractivity contribution in [3.05, 3.63) is 69.4 Å². The lowest BCUT2D eigenvalue weighted by molar-refractivity contribution is 0.0227. The highest BCUT2D eigenvalue weighted by Crippen LogP contribution is 2.23. The van der Waals surface area contributed by atoms with Gasteiger partial charge in [-0.15, -0.1) is 0 Å². The first-order valence-corrected chi connectivity index (χ1v) is 7.35. The van der Waals surface area contributed by atoms with Crippen LogP contribution in [-0.2, 0) is 4.74 Å². The molecular formula is C16H9BrFNO4. The number of amides is 2. The van der Waals surface area contributed by atoms with Crippen LogP contribution in [0.3, 0.4) is 0 Å². The predicted molar refractivity (Wildman–Crippen MR) is 81.3 cm³/mol. The van der Waals surface area contributed by atoms with Gasteiger partial charge in [-0.3, -0.25) is 9.59 Å². The molecule has 1 aliphatic heterocycles. The van der Waals surface area contributed by atoms with E-state index in [1.807, 2.05) is 0 Å². The van der Waals surface area contributed by atoms with E-state index < -0.39 is 30.3 Å². The van der Waals surface area contributed by atoms with Crippen LogP contribution in [0.5, 0.6) is 0 Å². The summed E-state index contributed by atoms with van der Waals surface area (Å²) in [5.41, 5.74) is 0.649. The second-order valence-corrected chi connectivity index (χ2v) is 5.62. The van der Waals surface area contributed by atoms with Gasteiger partial charge in [0.05, 0.1) is 16.7 Å². The van der Waals surface area contributed by atoms with Gasteiger partial charge in [-0.2, -0.15) is 0 Å². The number of hydrogen-bond acceptors (Lipinski definition) is 4. The molecule has 7 heteroatoms. The van der Waals surface area contributed by atoms with Gasteiger partial charge in [0.25, 0.3) is 11.8 Å². The molecule has 0 radical (unpaired) electrons. The van der Waals surface area contributed by atoms with E-state index in [9.17, 15) is 18.8 Å². The lowest BCUT2D eigenvalue weighted by Crippen LogP contribution is -2.33. The van der Waals surface area contributed by atoms with E-state index in [2.05, 4.69) is 15.9 Å². The van der Waals surface area contributed by atoms with E-state index in [1.165, 1.54) is 18.2 Å². The molecule has 23 heavy (non-hydrogen) atoms. The average Bonchev–Trinajstić information content (AvgIpc) is 2.77. The van der Waals surface area contributed by atoms with Gasteiger partial charge in [0.2, 0.25) is 0 Å². The normalized spacial score (nSPS) is 13.2. The number of ether oxygens (including phenoxy) is 1. The Morgan fingerprint density at radius 3 is 2.26 bits per heavy atom. The molecule has 0 saturated heterocycles. The van der Waals surface area contributed by atoms with Crippen molar-refractivity contribution >= 4 is 33.7 Å². The SMILES string of the molecule is O=C(OCN1C(=O)c2ccccc2C1=O)c1ccc(F)cc1Br. The van der Waals surface area contributed by atoms with E-state index in [0.717, 1.165) is 17.0 Å². The number of halogens is 2. The number of imide groups is 1. The smallest absolute Gasteiger partial charge is 0.341 e. The molecule has 0 spiro atoms. The molecular weight excluding hydrogens is 369 g/mol. The van der Waals surface area contributed by atoms with Crippen molar-refractivity contribution in [2.24, 2.45) is 0 Å².